The maximum Gasteiger partial charge on any atom is 0.220 e. The van der Waals surface area contributed by atoms with Gasteiger partial charge in [0.25, 0.3) is 0 Å². The van der Waals surface area contributed by atoms with Crippen LogP contribution in [0.3, 0.4) is 0 Å². The van der Waals surface area contributed by atoms with Crippen LogP contribution in [0.2, 0.25) is 0 Å². The topological polar surface area (TPSA) is 8.81 Å². The summed E-state index contributed by atoms with van der Waals surface area (Å²) >= 11 is 0. The Bertz CT molecular complexity index is 1870. The van der Waals surface area contributed by atoms with Crippen LogP contribution < -0.4 is 4.57 Å². The molecule has 2 heteroatoms. The predicted octanol–water partition coefficient (Wildman–Crippen LogP) is 9.75. The first-order chi connectivity index (χ1) is 19.6. The van der Waals surface area contributed by atoms with Crippen LogP contribution in [0.25, 0.3) is 49.5 Å². The van der Waals surface area contributed by atoms with Gasteiger partial charge in [0, 0.05) is 22.5 Å². The molecule has 208 valence electrons. The molecule has 41 heavy (non-hydrogen) atoms. The summed E-state index contributed by atoms with van der Waals surface area (Å²) in [4.78, 5) is 0. The molecule has 0 aliphatic carbocycles. The van der Waals surface area contributed by atoms with Gasteiger partial charge in [0.15, 0.2) is 6.20 Å². The maximum absolute atomic E-state index is 2.47. The quantitative estimate of drug-likeness (QED) is 0.186. The molecule has 2 nitrogen and oxygen atoms in total. The van der Waals surface area contributed by atoms with Gasteiger partial charge in [0.05, 0.1) is 22.0 Å². The minimum atomic E-state index is 0.633. The van der Waals surface area contributed by atoms with E-state index in [0.717, 1.165) is 12.8 Å². The van der Waals surface area contributed by atoms with Crippen molar-refractivity contribution in [1.29, 1.82) is 0 Å². The number of benzene rings is 4. The first kappa shape index (κ1) is 27.3. The van der Waals surface area contributed by atoms with Crippen molar-refractivity contribution in [1.82, 2.24) is 4.57 Å². The molecular weight excluding hydrogens is 496 g/mol. The third-order valence-electron chi connectivity index (χ3n) is 8.63. The lowest BCUT2D eigenvalue weighted by molar-refractivity contribution is -0.659. The summed E-state index contributed by atoms with van der Waals surface area (Å²) in [6, 6.07) is 28.1. The summed E-state index contributed by atoms with van der Waals surface area (Å²) in [6.45, 7) is 15.9. The number of hydrogen-bond donors (Lipinski definition) is 0. The Hall–Kier alpha value is -3.91. The molecule has 0 aliphatic rings. The maximum atomic E-state index is 2.47. The van der Waals surface area contributed by atoms with Gasteiger partial charge < -0.3 is 4.57 Å². The van der Waals surface area contributed by atoms with Crippen LogP contribution in [0.15, 0.2) is 79.0 Å². The molecule has 6 rings (SSSR count). The number of pyridine rings is 1. The van der Waals surface area contributed by atoms with Crippen LogP contribution >= 0.6 is 0 Å². The average Bonchev–Trinajstić information content (AvgIpc) is 3.23. The van der Waals surface area contributed by atoms with Crippen LogP contribution in [-0.4, -0.2) is 4.57 Å². The first-order valence-corrected chi connectivity index (χ1v) is 15.2. The molecule has 0 saturated carbocycles. The fraction of sp³-hybridized carbons (Fsp3) is 0.308. The molecule has 4 aromatic carbocycles. The lowest BCUT2D eigenvalue weighted by atomic mass is 9.94. The zero-order valence-corrected chi connectivity index (χ0v) is 26.0. The summed E-state index contributed by atoms with van der Waals surface area (Å²) in [5.74, 6) is 1.27. The Morgan fingerprint density at radius 3 is 1.85 bits per heavy atom. The van der Waals surface area contributed by atoms with Crippen LogP contribution in [0.4, 0.5) is 0 Å². The highest BCUT2D eigenvalue weighted by Gasteiger charge is 2.20. The van der Waals surface area contributed by atoms with Crippen molar-refractivity contribution in [3.05, 3.63) is 107 Å². The van der Waals surface area contributed by atoms with Crippen LogP contribution in [0, 0.1) is 32.6 Å². The van der Waals surface area contributed by atoms with E-state index in [-0.39, 0.29) is 0 Å². The lowest BCUT2D eigenvalue weighted by Gasteiger charge is -2.13. The molecule has 0 N–H and O–H groups in total. The number of aromatic nitrogens is 2. The Kier molecular flexibility index (Phi) is 6.98. The second kappa shape index (κ2) is 10.5. The van der Waals surface area contributed by atoms with Gasteiger partial charge in [-0.1, -0.05) is 51.5 Å². The van der Waals surface area contributed by atoms with Gasteiger partial charge in [-0.15, -0.1) is 0 Å². The summed E-state index contributed by atoms with van der Waals surface area (Å²) in [6.07, 6.45) is 4.41. The zero-order chi connectivity index (χ0) is 29.0. The highest BCUT2D eigenvalue weighted by Crippen LogP contribution is 2.36. The van der Waals surface area contributed by atoms with E-state index in [1.807, 2.05) is 0 Å². The largest absolute Gasteiger partial charge is 0.309 e. The molecule has 0 amide bonds. The smallest absolute Gasteiger partial charge is 0.220 e. The van der Waals surface area contributed by atoms with Crippen LogP contribution in [-0.2, 0) is 19.9 Å². The van der Waals surface area contributed by atoms with Crippen molar-refractivity contribution in [2.75, 3.05) is 0 Å². The number of aryl methyl sites for hydroxylation is 3. The fourth-order valence-corrected chi connectivity index (χ4v) is 6.71. The van der Waals surface area contributed by atoms with E-state index in [1.165, 1.54) is 77.3 Å². The van der Waals surface area contributed by atoms with Gasteiger partial charge in [0.2, 0.25) is 5.69 Å². The van der Waals surface area contributed by atoms with Crippen LogP contribution in [0.1, 0.15) is 55.5 Å². The van der Waals surface area contributed by atoms with E-state index >= 15 is 0 Å². The van der Waals surface area contributed by atoms with Gasteiger partial charge in [0.1, 0.15) is 7.05 Å². The molecule has 0 spiro atoms. The third-order valence-corrected chi connectivity index (χ3v) is 8.63. The fourth-order valence-electron chi connectivity index (χ4n) is 6.71. The lowest BCUT2D eigenvalue weighted by Crippen LogP contribution is -2.30. The van der Waals surface area contributed by atoms with Crippen molar-refractivity contribution in [3.63, 3.8) is 0 Å². The van der Waals surface area contributed by atoms with Crippen LogP contribution in [0.5, 0.6) is 0 Å². The Morgan fingerprint density at radius 2 is 1.27 bits per heavy atom. The Morgan fingerprint density at radius 1 is 0.659 bits per heavy atom. The molecule has 0 bridgehead atoms. The summed E-state index contributed by atoms with van der Waals surface area (Å²) in [5.41, 5.74) is 13.2. The van der Waals surface area contributed by atoms with E-state index < -0.39 is 0 Å². The first-order valence-electron chi connectivity index (χ1n) is 15.2. The zero-order valence-electron chi connectivity index (χ0n) is 26.0. The molecule has 6 aromatic rings. The van der Waals surface area contributed by atoms with Crippen molar-refractivity contribution >= 4 is 32.6 Å². The molecule has 0 aliphatic heterocycles. The Balaban J connectivity index is 1.59. The third kappa shape index (κ3) is 4.95. The van der Waals surface area contributed by atoms with Gasteiger partial charge in [-0.05, 0) is 122 Å². The SMILES string of the molecule is Cc1cc(C)c(C)c(-c2c3ccc(-n4c5ccc(CC(C)C)cc5c5cc(CC(C)C)ccc54)cc3cc[n+]2C)c1. The van der Waals surface area contributed by atoms with E-state index in [2.05, 4.69) is 144 Å². The number of fused-ring (bicyclic) bond motifs is 4. The molecular formula is C39H43N2+. The van der Waals surface area contributed by atoms with Crippen molar-refractivity contribution in [2.24, 2.45) is 18.9 Å². The van der Waals surface area contributed by atoms with E-state index in [4.69, 9.17) is 0 Å². The minimum absolute atomic E-state index is 0.633. The molecule has 2 heterocycles. The number of hydrogen-bond acceptors (Lipinski definition) is 0. The van der Waals surface area contributed by atoms with Crippen molar-refractivity contribution < 1.29 is 4.57 Å². The number of rotatable bonds is 6. The van der Waals surface area contributed by atoms with Gasteiger partial charge in [-0.25, -0.2) is 4.57 Å². The summed E-state index contributed by atoms with van der Waals surface area (Å²) < 4.78 is 4.74. The monoisotopic (exact) mass is 539 g/mol. The highest BCUT2D eigenvalue weighted by atomic mass is 15.0. The van der Waals surface area contributed by atoms with E-state index in [9.17, 15) is 0 Å². The van der Waals surface area contributed by atoms with E-state index in [1.54, 1.807) is 0 Å². The summed E-state index contributed by atoms with van der Waals surface area (Å²) in [7, 11) is 2.16. The number of nitrogens with zero attached hydrogens (tertiary/aromatic N) is 2. The summed E-state index contributed by atoms with van der Waals surface area (Å²) in [5, 5.41) is 5.26. The normalized spacial score (nSPS) is 12.0. The second-order valence-electron chi connectivity index (χ2n) is 13.0. The van der Waals surface area contributed by atoms with Crippen molar-refractivity contribution in [2.45, 2.75) is 61.3 Å². The molecule has 2 aromatic heterocycles. The standard InChI is InChI=1S/C39H43N2/c1-24(2)17-29-9-13-37-35(21-29)36-22-30(18-25(3)4)10-14-38(36)41(37)32-11-12-33-31(23-32)15-16-40(8)39(33)34-20-26(5)19-27(6)28(34)7/h9-16,19-25H,17-18H2,1-8H3/q+1. The minimum Gasteiger partial charge on any atom is -0.309 e. The molecule has 0 unspecified atom stereocenters. The van der Waals surface area contributed by atoms with E-state index in [0.29, 0.717) is 11.8 Å². The average molecular weight is 540 g/mol. The van der Waals surface area contributed by atoms with Crippen molar-refractivity contribution in [3.8, 4) is 16.9 Å². The van der Waals surface area contributed by atoms with Gasteiger partial charge >= 0.3 is 0 Å². The van der Waals surface area contributed by atoms with Gasteiger partial charge in [-0.2, -0.15) is 0 Å². The molecule has 0 radical (unpaired) electrons. The Labute approximate surface area is 245 Å². The second-order valence-corrected chi connectivity index (χ2v) is 13.0. The van der Waals surface area contributed by atoms with Gasteiger partial charge in [-0.3, -0.25) is 0 Å². The predicted molar refractivity (Wildman–Crippen MR) is 176 cm³/mol. The molecule has 0 atom stereocenters. The molecule has 0 saturated heterocycles. The molecule has 0 fully saturated rings. The highest BCUT2D eigenvalue weighted by molar-refractivity contribution is 6.10.